The van der Waals surface area contributed by atoms with E-state index in [1.165, 1.54) is 0 Å². The van der Waals surface area contributed by atoms with Gasteiger partial charge in [0.1, 0.15) is 0 Å². The second-order valence-electron chi connectivity index (χ2n) is 5.13. The van der Waals surface area contributed by atoms with Crippen LogP contribution in [-0.4, -0.2) is 34.0 Å². The van der Waals surface area contributed by atoms with Gasteiger partial charge in [0.05, 0.1) is 5.52 Å². The standard InChI is InChI=1S/C15H19ClN4O2/c1-3-10(2)18-14(21)4-6-17-15(22)13-9-12-8-11(16)5-7-20(12)19-13/h5,7-10H,3-4,6H2,1-2H3,(H,17,22)(H,18,21)/t10-/m1/s1. The molecule has 0 radical (unpaired) electrons. The molecular weight excluding hydrogens is 304 g/mol. The van der Waals surface area contributed by atoms with Gasteiger partial charge in [0.25, 0.3) is 5.91 Å². The van der Waals surface area contributed by atoms with Crippen molar-refractivity contribution in [3.63, 3.8) is 0 Å². The number of carbonyl (C=O) groups is 2. The number of carbonyl (C=O) groups excluding carboxylic acids is 2. The molecule has 2 aromatic rings. The zero-order valence-corrected chi connectivity index (χ0v) is 13.4. The lowest BCUT2D eigenvalue weighted by atomic mass is 10.2. The zero-order valence-electron chi connectivity index (χ0n) is 12.6. The van der Waals surface area contributed by atoms with Gasteiger partial charge in [-0.1, -0.05) is 18.5 Å². The minimum Gasteiger partial charge on any atom is -0.354 e. The van der Waals surface area contributed by atoms with E-state index in [-0.39, 0.29) is 30.8 Å². The smallest absolute Gasteiger partial charge is 0.271 e. The van der Waals surface area contributed by atoms with Crippen molar-refractivity contribution < 1.29 is 9.59 Å². The summed E-state index contributed by atoms with van der Waals surface area (Å²) in [5.74, 6) is -0.382. The summed E-state index contributed by atoms with van der Waals surface area (Å²) in [4.78, 5) is 23.6. The number of aromatic nitrogens is 2. The molecule has 0 aliphatic heterocycles. The second-order valence-corrected chi connectivity index (χ2v) is 5.56. The quantitative estimate of drug-likeness (QED) is 0.854. The molecule has 6 nitrogen and oxygen atoms in total. The topological polar surface area (TPSA) is 75.5 Å². The summed E-state index contributed by atoms with van der Waals surface area (Å²) in [5.41, 5.74) is 1.04. The number of pyridine rings is 1. The first-order valence-corrected chi connectivity index (χ1v) is 7.60. The van der Waals surface area contributed by atoms with Crippen LogP contribution in [0.15, 0.2) is 24.4 Å². The van der Waals surface area contributed by atoms with E-state index in [9.17, 15) is 9.59 Å². The van der Waals surface area contributed by atoms with Gasteiger partial charge in [-0.3, -0.25) is 9.59 Å². The van der Waals surface area contributed by atoms with Gasteiger partial charge in [0.2, 0.25) is 5.91 Å². The maximum absolute atomic E-state index is 12.0. The summed E-state index contributed by atoms with van der Waals surface area (Å²) in [6.07, 6.45) is 2.81. The maximum atomic E-state index is 12.0. The number of hydrogen-bond acceptors (Lipinski definition) is 3. The number of hydrogen-bond donors (Lipinski definition) is 2. The molecule has 2 rings (SSSR count). The first-order valence-electron chi connectivity index (χ1n) is 7.22. The van der Waals surface area contributed by atoms with Crippen LogP contribution in [-0.2, 0) is 4.79 Å². The molecule has 2 aromatic heterocycles. The zero-order chi connectivity index (χ0) is 16.1. The number of fused-ring (bicyclic) bond motifs is 1. The number of rotatable bonds is 6. The fourth-order valence-electron chi connectivity index (χ4n) is 1.91. The summed E-state index contributed by atoms with van der Waals surface area (Å²) in [5, 5.41) is 10.3. The molecule has 118 valence electrons. The van der Waals surface area contributed by atoms with Gasteiger partial charge in [0, 0.05) is 30.2 Å². The fourth-order valence-corrected chi connectivity index (χ4v) is 2.08. The molecule has 0 bridgehead atoms. The van der Waals surface area contributed by atoms with Crippen molar-refractivity contribution in [1.82, 2.24) is 20.2 Å². The molecular formula is C15H19ClN4O2. The highest BCUT2D eigenvalue weighted by molar-refractivity contribution is 6.30. The van der Waals surface area contributed by atoms with Crippen molar-refractivity contribution >= 4 is 28.9 Å². The van der Waals surface area contributed by atoms with E-state index >= 15 is 0 Å². The Bertz CT molecular complexity index is 683. The molecule has 2 amide bonds. The van der Waals surface area contributed by atoms with E-state index in [1.54, 1.807) is 28.9 Å². The monoisotopic (exact) mass is 322 g/mol. The summed E-state index contributed by atoms with van der Waals surface area (Å²) in [7, 11) is 0. The Morgan fingerprint density at radius 2 is 2.18 bits per heavy atom. The largest absolute Gasteiger partial charge is 0.354 e. The van der Waals surface area contributed by atoms with Crippen LogP contribution in [0.4, 0.5) is 0 Å². The number of nitrogens with one attached hydrogen (secondary N) is 2. The Morgan fingerprint density at radius 1 is 1.41 bits per heavy atom. The number of nitrogens with zero attached hydrogens (tertiary/aromatic N) is 2. The Labute approximate surface area is 133 Å². The molecule has 0 saturated carbocycles. The van der Waals surface area contributed by atoms with Crippen molar-refractivity contribution in [1.29, 1.82) is 0 Å². The summed E-state index contributed by atoms with van der Waals surface area (Å²) >= 11 is 5.89. The van der Waals surface area contributed by atoms with Crippen LogP contribution < -0.4 is 10.6 Å². The fraction of sp³-hybridized carbons (Fsp3) is 0.400. The molecule has 0 saturated heterocycles. The molecule has 1 atom stereocenters. The molecule has 0 fully saturated rings. The van der Waals surface area contributed by atoms with E-state index in [1.807, 2.05) is 13.8 Å². The lowest BCUT2D eigenvalue weighted by Gasteiger charge is -2.11. The van der Waals surface area contributed by atoms with E-state index in [0.717, 1.165) is 11.9 Å². The third kappa shape index (κ3) is 4.21. The molecule has 0 unspecified atom stereocenters. The van der Waals surface area contributed by atoms with Crippen molar-refractivity contribution in [2.24, 2.45) is 0 Å². The van der Waals surface area contributed by atoms with Crippen LogP contribution in [0, 0.1) is 0 Å². The molecule has 0 aliphatic carbocycles. The second kappa shape index (κ2) is 7.26. The van der Waals surface area contributed by atoms with Crippen molar-refractivity contribution in [3.05, 3.63) is 35.1 Å². The third-order valence-electron chi connectivity index (χ3n) is 3.32. The normalized spacial score (nSPS) is 12.1. The van der Waals surface area contributed by atoms with Crippen LogP contribution >= 0.6 is 11.6 Å². The molecule has 2 heterocycles. The first kappa shape index (κ1) is 16.3. The highest BCUT2D eigenvalue weighted by Gasteiger charge is 2.12. The van der Waals surface area contributed by atoms with E-state index in [0.29, 0.717) is 10.7 Å². The average molecular weight is 323 g/mol. The molecule has 0 aromatic carbocycles. The Morgan fingerprint density at radius 3 is 2.91 bits per heavy atom. The molecule has 22 heavy (non-hydrogen) atoms. The van der Waals surface area contributed by atoms with Gasteiger partial charge in [-0.25, -0.2) is 4.52 Å². The number of amides is 2. The number of halogens is 1. The predicted octanol–water partition coefficient (Wildman–Crippen LogP) is 2.02. The third-order valence-corrected chi connectivity index (χ3v) is 3.55. The summed E-state index contributed by atoms with van der Waals surface area (Å²) in [6.45, 7) is 4.22. The minimum atomic E-state index is -0.309. The van der Waals surface area contributed by atoms with Gasteiger partial charge in [-0.15, -0.1) is 0 Å². The Balaban J connectivity index is 1.87. The van der Waals surface area contributed by atoms with Crippen molar-refractivity contribution in [2.75, 3.05) is 6.54 Å². The molecule has 2 N–H and O–H groups in total. The summed E-state index contributed by atoms with van der Waals surface area (Å²) < 4.78 is 1.58. The van der Waals surface area contributed by atoms with Crippen LogP contribution in [0.2, 0.25) is 5.02 Å². The van der Waals surface area contributed by atoms with Crippen LogP contribution in [0.25, 0.3) is 5.52 Å². The van der Waals surface area contributed by atoms with E-state index in [2.05, 4.69) is 15.7 Å². The van der Waals surface area contributed by atoms with Crippen LogP contribution in [0.5, 0.6) is 0 Å². The first-order chi connectivity index (χ1) is 10.5. The van der Waals surface area contributed by atoms with Gasteiger partial charge in [-0.2, -0.15) is 5.10 Å². The van der Waals surface area contributed by atoms with Crippen molar-refractivity contribution in [3.8, 4) is 0 Å². The van der Waals surface area contributed by atoms with Gasteiger partial charge >= 0.3 is 0 Å². The van der Waals surface area contributed by atoms with Gasteiger partial charge in [-0.05, 0) is 31.5 Å². The van der Waals surface area contributed by atoms with Crippen LogP contribution in [0.3, 0.4) is 0 Å². The molecule has 0 aliphatic rings. The highest BCUT2D eigenvalue weighted by atomic mass is 35.5. The average Bonchev–Trinajstić information content (AvgIpc) is 2.90. The van der Waals surface area contributed by atoms with Gasteiger partial charge < -0.3 is 10.6 Å². The Hall–Kier alpha value is -2.08. The highest BCUT2D eigenvalue weighted by Crippen LogP contribution is 2.13. The lowest BCUT2D eigenvalue weighted by molar-refractivity contribution is -0.121. The van der Waals surface area contributed by atoms with Gasteiger partial charge in [0.15, 0.2) is 5.69 Å². The summed E-state index contributed by atoms with van der Waals surface area (Å²) in [6, 6.07) is 5.22. The molecule has 7 heteroatoms. The maximum Gasteiger partial charge on any atom is 0.271 e. The van der Waals surface area contributed by atoms with E-state index in [4.69, 9.17) is 11.6 Å². The van der Waals surface area contributed by atoms with E-state index < -0.39 is 0 Å². The minimum absolute atomic E-state index is 0.0727. The van der Waals surface area contributed by atoms with Crippen molar-refractivity contribution in [2.45, 2.75) is 32.7 Å². The van der Waals surface area contributed by atoms with Crippen LogP contribution in [0.1, 0.15) is 37.2 Å². The molecule has 0 spiro atoms. The Kier molecular flexibility index (Phi) is 5.38. The predicted molar refractivity (Wildman–Crippen MR) is 85.0 cm³/mol. The SMILES string of the molecule is CC[C@@H](C)NC(=O)CCNC(=O)c1cc2cc(Cl)ccn2n1. The lowest BCUT2D eigenvalue weighted by Crippen LogP contribution is -2.35.